The Morgan fingerprint density at radius 1 is 1.32 bits per heavy atom. The van der Waals surface area contributed by atoms with Gasteiger partial charge in [0.05, 0.1) is 12.5 Å². The Kier molecular flexibility index (Phi) is 2.79. The molecule has 0 unspecified atom stereocenters. The Hall–Kier alpha value is -1.86. The average Bonchev–Trinajstić information content (AvgIpc) is 2.92. The molecule has 0 aliphatic carbocycles. The maximum atomic E-state index is 12.3. The zero-order valence-electron chi connectivity index (χ0n) is 10.1. The van der Waals surface area contributed by atoms with Gasteiger partial charge in [0.2, 0.25) is 0 Å². The number of aromatic hydroxyl groups is 1. The van der Waals surface area contributed by atoms with Gasteiger partial charge in [0, 0.05) is 13.1 Å². The predicted molar refractivity (Wildman–Crippen MR) is 68.0 cm³/mol. The summed E-state index contributed by atoms with van der Waals surface area (Å²) in [6, 6.07) is 5.08. The third kappa shape index (κ3) is 2.11. The van der Waals surface area contributed by atoms with Crippen molar-refractivity contribution in [1.82, 2.24) is 14.3 Å². The molecular formula is C12H13N3O3S. The van der Waals surface area contributed by atoms with E-state index in [0.717, 1.165) is 11.1 Å². The monoisotopic (exact) mass is 279 g/mol. The van der Waals surface area contributed by atoms with E-state index in [9.17, 15) is 13.5 Å². The van der Waals surface area contributed by atoms with Gasteiger partial charge in [-0.2, -0.15) is 4.31 Å². The third-order valence-corrected chi connectivity index (χ3v) is 5.03. The second-order valence-corrected chi connectivity index (χ2v) is 6.36. The molecule has 0 radical (unpaired) electrons. The van der Waals surface area contributed by atoms with Crippen molar-refractivity contribution in [2.24, 2.45) is 0 Å². The third-order valence-electron chi connectivity index (χ3n) is 3.26. The van der Waals surface area contributed by atoms with Crippen LogP contribution in [-0.2, 0) is 23.0 Å². The number of nitrogens with one attached hydrogen (secondary N) is 1. The predicted octanol–water partition coefficient (Wildman–Crippen LogP) is 0.862. The highest BCUT2D eigenvalue weighted by molar-refractivity contribution is 7.89. The number of aromatic amines is 1. The fourth-order valence-electron chi connectivity index (χ4n) is 2.25. The van der Waals surface area contributed by atoms with Crippen LogP contribution < -0.4 is 0 Å². The van der Waals surface area contributed by atoms with E-state index in [2.05, 4.69) is 9.97 Å². The van der Waals surface area contributed by atoms with E-state index in [1.807, 2.05) is 6.07 Å². The van der Waals surface area contributed by atoms with Crippen molar-refractivity contribution in [3.8, 4) is 5.75 Å². The summed E-state index contributed by atoms with van der Waals surface area (Å²) in [5.41, 5.74) is 1.92. The number of H-pyrrole nitrogens is 1. The topological polar surface area (TPSA) is 86.3 Å². The zero-order chi connectivity index (χ0) is 13.5. The van der Waals surface area contributed by atoms with Gasteiger partial charge in [0.15, 0.2) is 5.03 Å². The van der Waals surface area contributed by atoms with Gasteiger partial charge in [-0.1, -0.05) is 6.07 Å². The van der Waals surface area contributed by atoms with Gasteiger partial charge in [-0.05, 0) is 29.7 Å². The summed E-state index contributed by atoms with van der Waals surface area (Å²) in [7, 11) is -3.54. The van der Waals surface area contributed by atoms with E-state index >= 15 is 0 Å². The second kappa shape index (κ2) is 4.36. The van der Waals surface area contributed by atoms with E-state index in [1.54, 1.807) is 12.1 Å². The van der Waals surface area contributed by atoms with Gasteiger partial charge in [-0.15, -0.1) is 0 Å². The lowest BCUT2D eigenvalue weighted by Gasteiger charge is -2.27. The highest BCUT2D eigenvalue weighted by atomic mass is 32.2. The second-order valence-electron chi connectivity index (χ2n) is 4.46. The first-order valence-corrected chi connectivity index (χ1v) is 7.31. The van der Waals surface area contributed by atoms with Crippen LogP contribution in [-0.4, -0.2) is 34.3 Å². The summed E-state index contributed by atoms with van der Waals surface area (Å²) in [6.07, 6.45) is 3.28. The molecule has 3 rings (SSSR count). The van der Waals surface area contributed by atoms with Gasteiger partial charge in [-0.3, -0.25) is 0 Å². The molecule has 1 aliphatic rings. The Bertz CT molecular complexity index is 695. The van der Waals surface area contributed by atoms with Crippen LogP contribution in [0.1, 0.15) is 11.1 Å². The lowest BCUT2D eigenvalue weighted by atomic mass is 10.0. The minimum atomic E-state index is -3.54. The molecule has 0 spiro atoms. The number of imidazole rings is 1. The Morgan fingerprint density at radius 3 is 2.89 bits per heavy atom. The zero-order valence-corrected chi connectivity index (χ0v) is 10.9. The molecular weight excluding hydrogens is 266 g/mol. The first kappa shape index (κ1) is 12.2. The molecule has 1 aliphatic heterocycles. The summed E-state index contributed by atoms with van der Waals surface area (Å²) in [5, 5.41) is 9.57. The van der Waals surface area contributed by atoms with Gasteiger partial charge >= 0.3 is 0 Å². The molecule has 0 saturated carbocycles. The fourth-order valence-corrected chi connectivity index (χ4v) is 3.56. The van der Waals surface area contributed by atoms with Crippen molar-refractivity contribution in [3.05, 3.63) is 41.9 Å². The number of fused-ring (bicyclic) bond motifs is 1. The number of hydrogen-bond donors (Lipinski definition) is 2. The molecule has 1 aromatic heterocycles. The molecule has 100 valence electrons. The molecule has 6 nitrogen and oxygen atoms in total. The van der Waals surface area contributed by atoms with Crippen molar-refractivity contribution in [1.29, 1.82) is 0 Å². The van der Waals surface area contributed by atoms with Gasteiger partial charge < -0.3 is 10.1 Å². The van der Waals surface area contributed by atoms with Crippen LogP contribution in [0.3, 0.4) is 0 Å². The lowest BCUT2D eigenvalue weighted by Crippen LogP contribution is -2.36. The van der Waals surface area contributed by atoms with Gasteiger partial charge in [0.1, 0.15) is 5.75 Å². The first-order chi connectivity index (χ1) is 9.07. The standard InChI is InChI=1S/C12H13N3O3S/c16-11-2-1-9-3-4-15(7-10(9)5-11)19(17,18)12-6-13-8-14-12/h1-2,5-6,8,16H,3-4,7H2,(H,13,14). The Labute approximate surface area is 110 Å². The van der Waals surface area contributed by atoms with E-state index in [0.29, 0.717) is 13.0 Å². The lowest BCUT2D eigenvalue weighted by molar-refractivity contribution is 0.387. The van der Waals surface area contributed by atoms with Crippen LogP contribution in [0, 0.1) is 0 Å². The highest BCUT2D eigenvalue weighted by Crippen LogP contribution is 2.26. The minimum absolute atomic E-state index is 0.0936. The largest absolute Gasteiger partial charge is 0.508 e. The molecule has 0 amide bonds. The fraction of sp³-hybridized carbons (Fsp3) is 0.250. The van der Waals surface area contributed by atoms with Crippen LogP contribution in [0.15, 0.2) is 35.7 Å². The molecule has 0 fully saturated rings. The molecule has 2 heterocycles. The molecule has 1 aromatic carbocycles. The molecule has 0 saturated heterocycles. The van der Waals surface area contributed by atoms with Crippen molar-refractivity contribution >= 4 is 10.0 Å². The van der Waals surface area contributed by atoms with Crippen molar-refractivity contribution < 1.29 is 13.5 Å². The summed E-state index contributed by atoms with van der Waals surface area (Å²) in [6.45, 7) is 0.699. The molecule has 2 N–H and O–H groups in total. The van der Waals surface area contributed by atoms with Gasteiger partial charge in [-0.25, -0.2) is 13.4 Å². The number of sulfonamides is 1. The van der Waals surface area contributed by atoms with Gasteiger partial charge in [0.25, 0.3) is 10.0 Å². The molecule has 0 atom stereocenters. The number of rotatable bonds is 2. The highest BCUT2D eigenvalue weighted by Gasteiger charge is 2.29. The Balaban J connectivity index is 1.94. The smallest absolute Gasteiger partial charge is 0.260 e. The maximum absolute atomic E-state index is 12.3. The van der Waals surface area contributed by atoms with E-state index in [4.69, 9.17) is 0 Å². The normalized spacial score (nSPS) is 16.2. The summed E-state index contributed by atoms with van der Waals surface area (Å²) >= 11 is 0. The number of benzene rings is 1. The van der Waals surface area contributed by atoms with E-state index in [1.165, 1.54) is 16.8 Å². The summed E-state index contributed by atoms with van der Waals surface area (Å²) in [4.78, 5) is 6.36. The first-order valence-electron chi connectivity index (χ1n) is 5.86. The molecule has 2 aromatic rings. The average molecular weight is 279 g/mol. The molecule has 0 bridgehead atoms. The van der Waals surface area contributed by atoms with Crippen LogP contribution in [0.5, 0.6) is 5.75 Å². The van der Waals surface area contributed by atoms with Crippen molar-refractivity contribution in [3.63, 3.8) is 0 Å². The number of nitrogens with zero attached hydrogens (tertiary/aromatic N) is 2. The van der Waals surface area contributed by atoms with Crippen LogP contribution in [0.25, 0.3) is 0 Å². The number of hydrogen-bond acceptors (Lipinski definition) is 4. The van der Waals surface area contributed by atoms with Crippen LogP contribution in [0.4, 0.5) is 0 Å². The van der Waals surface area contributed by atoms with Crippen molar-refractivity contribution in [2.75, 3.05) is 6.54 Å². The number of aromatic nitrogens is 2. The van der Waals surface area contributed by atoms with Crippen LogP contribution >= 0.6 is 0 Å². The SMILES string of the molecule is O=S(=O)(c1cnc[nH]1)N1CCc2ccc(O)cc2C1. The Morgan fingerprint density at radius 2 is 2.16 bits per heavy atom. The molecule has 19 heavy (non-hydrogen) atoms. The maximum Gasteiger partial charge on any atom is 0.260 e. The molecule has 7 heteroatoms. The summed E-state index contributed by atoms with van der Waals surface area (Å²) in [5.74, 6) is 0.152. The summed E-state index contributed by atoms with van der Waals surface area (Å²) < 4.78 is 26.1. The van der Waals surface area contributed by atoms with E-state index in [-0.39, 0.29) is 17.3 Å². The van der Waals surface area contributed by atoms with E-state index < -0.39 is 10.0 Å². The quantitative estimate of drug-likeness (QED) is 0.853. The minimum Gasteiger partial charge on any atom is -0.508 e. The number of phenols is 1. The number of phenolic OH excluding ortho intramolecular Hbond substituents is 1. The van der Waals surface area contributed by atoms with Crippen molar-refractivity contribution in [2.45, 2.75) is 18.0 Å². The van der Waals surface area contributed by atoms with Crippen LogP contribution in [0.2, 0.25) is 0 Å².